The van der Waals surface area contributed by atoms with E-state index in [-0.39, 0.29) is 115 Å². The van der Waals surface area contributed by atoms with Crippen LogP contribution in [0.4, 0.5) is 4.79 Å². The Morgan fingerprint density at radius 2 is 1.18 bits per heavy atom. The van der Waals surface area contributed by atoms with Gasteiger partial charge in [-0.05, 0) is 118 Å². The summed E-state index contributed by atoms with van der Waals surface area (Å²) in [6, 6.07) is 17.5. The normalized spacial score (nSPS) is 21.6. The average molecular weight is 1400 g/mol. The highest BCUT2D eigenvalue weighted by Gasteiger charge is 2.42. The maximum absolute atomic E-state index is 16.1. The van der Waals surface area contributed by atoms with Crippen LogP contribution in [0.2, 0.25) is 10.0 Å². The molecule has 7 aliphatic rings. The molecule has 8 aromatic carbocycles. The van der Waals surface area contributed by atoms with Crippen LogP contribution in [0.1, 0.15) is 80.8 Å². The van der Waals surface area contributed by atoms with E-state index in [1.165, 1.54) is 72.8 Å². The quantitative estimate of drug-likeness (QED) is 0.0558. The number of alkyl carbamates (subject to hydrolysis) is 1. The Labute approximate surface area is 575 Å². The monoisotopic (exact) mass is 1400 g/mol. The number of carbonyl (C=O) groups excluding carboxylic acids is 8. The minimum absolute atomic E-state index is 0.00433. The van der Waals surface area contributed by atoms with Crippen LogP contribution in [0, 0.1) is 0 Å². The Hall–Kier alpha value is -12.0. The Morgan fingerprint density at radius 1 is 0.560 bits per heavy atom. The predicted octanol–water partition coefficient (Wildman–Crippen LogP) is 7.11. The van der Waals surface area contributed by atoms with E-state index >= 15 is 24.0 Å². The fourth-order valence-corrected chi connectivity index (χ4v) is 12.3. The van der Waals surface area contributed by atoms with E-state index in [4.69, 9.17) is 56.4 Å². The van der Waals surface area contributed by atoms with Crippen LogP contribution in [-0.2, 0) is 60.8 Å². The van der Waals surface area contributed by atoms with Gasteiger partial charge in [0, 0.05) is 35.2 Å². The van der Waals surface area contributed by atoms with E-state index in [1.54, 1.807) is 30.3 Å². The number of benzene rings is 8. The van der Waals surface area contributed by atoms with E-state index in [1.807, 2.05) is 0 Å². The molecule has 512 valence electrons. The molecular formula is C70H57Cl2N7O21. The van der Waals surface area contributed by atoms with Crippen LogP contribution in [0.5, 0.6) is 69.0 Å². The van der Waals surface area contributed by atoms with Crippen molar-refractivity contribution < 1.29 is 102 Å². The number of amides is 7. The smallest absolute Gasteiger partial charge is 0.408 e. The largest absolute Gasteiger partial charge is 0.508 e. The van der Waals surface area contributed by atoms with E-state index < -0.39 is 143 Å². The number of phenolic OH excluding ortho intramolecular Hbond substituents is 5. The van der Waals surface area contributed by atoms with Gasteiger partial charge >= 0.3 is 12.1 Å². The number of esters is 1. The molecule has 28 nitrogen and oxygen atoms in total. The lowest BCUT2D eigenvalue weighted by Crippen LogP contribution is -2.55. The highest BCUT2D eigenvalue weighted by Crippen LogP contribution is 2.49. The first-order valence-corrected chi connectivity index (χ1v) is 31.4. The van der Waals surface area contributed by atoms with Crippen LogP contribution in [0.3, 0.4) is 0 Å². The Bertz CT molecular complexity index is 4690. The minimum atomic E-state index is -2.17. The molecule has 15 rings (SSSR count). The van der Waals surface area contributed by atoms with E-state index in [9.17, 15) is 45.0 Å². The molecule has 1 fully saturated rings. The number of fused-ring (bicyclic) bond motifs is 14. The van der Waals surface area contributed by atoms with Crippen LogP contribution >= 0.6 is 23.2 Å². The van der Waals surface area contributed by atoms with Crippen molar-refractivity contribution in [2.75, 3.05) is 20.3 Å². The molecule has 0 aliphatic carbocycles. The first-order chi connectivity index (χ1) is 48.0. The van der Waals surface area contributed by atoms with Gasteiger partial charge in [-0.15, -0.1) is 0 Å². The molecule has 17 bridgehead atoms. The molecule has 0 aromatic heterocycles. The van der Waals surface area contributed by atoms with Crippen molar-refractivity contribution in [3.63, 3.8) is 0 Å². The molecule has 7 amide bonds. The fourth-order valence-electron chi connectivity index (χ4n) is 11.8. The molecule has 9 atom stereocenters. The molecule has 0 saturated carbocycles. The maximum Gasteiger partial charge on any atom is 0.408 e. The Balaban J connectivity index is 1.00. The number of carbonyl (C=O) groups is 8. The molecule has 8 aromatic rings. The number of methoxy groups -OCH3 is 1. The average Bonchev–Trinajstić information content (AvgIpc) is 1.11. The lowest BCUT2D eigenvalue weighted by molar-refractivity contribution is -0.146. The SMILES string of the molecule is COC(=O)[C@@H]1NC(=O)[C@H]2NC(=O)[C@H](NC(=O)[C@@H]3NC(=O)[C@H]4NC(=O)[C@@H](Cc5ccc(c(Cl)c5)Oc5cc3cc(c5OC[C@H]3CO3)Oc3ccc(cc3Cl)[C@H]2O)NC(=O)[C@H](NC(=O)OCc2ccccc2)c2ccc(O)c(c2)Oc2cc(O)cc4c2)c2ccc(O)c(c2)-c2c(O)cc(O)cc21. The Morgan fingerprint density at radius 3 is 1.87 bits per heavy atom. The van der Waals surface area contributed by atoms with Gasteiger partial charge in [-0.1, -0.05) is 77.8 Å². The molecule has 13 N–H and O–H groups in total. The van der Waals surface area contributed by atoms with E-state index in [2.05, 4.69) is 37.2 Å². The first-order valence-electron chi connectivity index (χ1n) is 30.7. The summed E-state index contributed by atoms with van der Waals surface area (Å²) in [7, 11) is 0.971. The van der Waals surface area contributed by atoms with Crippen molar-refractivity contribution in [2.45, 2.75) is 67.5 Å². The number of nitrogens with one attached hydrogen (secondary N) is 7. The lowest BCUT2D eigenvalue weighted by atomic mass is 9.89. The second-order valence-corrected chi connectivity index (χ2v) is 24.5. The van der Waals surface area contributed by atoms with Gasteiger partial charge in [0.05, 0.1) is 23.8 Å². The molecule has 7 heterocycles. The fraction of sp³-hybridized carbons (Fsp3) is 0.200. The summed E-state index contributed by atoms with van der Waals surface area (Å²) in [4.78, 5) is 120. The van der Waals surface area contributed by atoms with Gasteiger partial charge in [-0.3, -0.25) is 28.8 Å². The maximum atomic E-state index is 16.1. The summed E-state index contributed by atoms with van der Waals surface area (Å²) in [5, 5.41) is 87.1. The molecule has 0 spiro atoms. The first kappa shape index (κ1) is 66.6. The number of hydrogen-bond donors (Lipinski definition) is 13. The van der Waals surface area contributed by atoms with Crippen molar-refractivity contribution in [1.82, 2.24) is 37.2 Å². The van der Waals surface area contributed by atoms with Crippen LogP contribution < -0.4 is 56.2 Å². The number of phenols is 5. The summed E-state index contributed by atoms with van der Waals surface area (Å²) in [5.41, 5.74) is -1.16. The van der Waals surface area contributed by atoms with Gasteiger partial charge in [0.25, 0.3) is 0 Å². The second-order valence-electron chi connectivity index (χ2n) is 23.7. The summed E-state index contributed by atoms with van der Waals surface area (Å²) in [6.07, 6.45) is -4.04. The summed E-state index contributed by atoms with van der Waals surface area (Å²) in [6.45, 7) is -0.0722. The van der Waals surface area contributed by atoms with Crippen molar-refractivity contribution in [2.24, 2.45) is 0 Å². The zero-order chi connectivity index (χ0) is 70.4. The summed E-state index contributed by atoms with van der Waals surface area (Å²) >= 11 is 14.1. The molecule has 1 saturated heterocycles. The molecule has 0 unspecified atom stereocenters. The topological polar surface area (TPSA) is 410 Å². The molecule has 7 aliphatic heterocycles. The molecule has 30 heteroatoms. The number of epoxide rings is 1. The Kier molecular flexibility index (Phi) is 18.3. The van der Waals surface area contributed by atoms with Crippen molar-refractivity contribution in [3.05, 3.63) is 200 Å². The predicted molar refractivity (Wildman–Crippen MR) is 348 cm³/mol. The number of aliphatic hydroxyl groups excluding tert-OH is 1. The zero-order valence-corrected chi connectivity index (χ0v) is 53.5. The lowest BCUT2D eigenvalue weighted by Gasteiger charge is -2.31. The number of hydrogen-bond acceptors (Lipinski definition) is 21. The van der Waals surface area contributed by atoms with Gasteiger partial charge in [0.1, 0.15) is 102 Å². The third-order valence-corrected chi connectivity index (χ3v) is 17.5. The van der Waals surface area contributed by atoms with Gasteiger partial charge in [-0.2, -0.15) is 0 Å². The summed E-state index contributed by atoms with van der Waals surface area (Å²) in [5.74, 6) is -13.2. The van der Waals surface area contributed by atoms with Crippen molar-refractivity contribution in [3.8, 4) is 80.1 Å². The van der Waals surface area contributed by atoms with Gasteiger partial charge < -0.3 is 101 Å². The molecule has 100 heavy (non-hydrogen) atoms. The van der Waals surface area contributed by atoms with Crippen LogP contribution in [0.25, 0.3) is 11.1 Å². The van der Waals surface area contributed by atoms with E-state index in [0.717, 1.165) is 49.6 Å². The highest BCUT2D eigenvalue weighted by molar-refractivity contribution is 6.32. The van der Waals surface area contributed by atoms with Crippen molar-refractivity contribution >= 4 is 70.7 Å². The van der Waals surface area contributed by atoms with Gasteiger partial charge in [0.2, 0.25) is 41.2 Å². The van der Waals surface area contributed by atoms with Crippen LogP contribution in [-0.4, -0.2) is 117 Å². The third-order valence-electron chi connectivity index (χ3n) is 16.9. The highest BCUT2D eigenvalue weighted by atomic mass is 35.5. The molecule has 0 radical (unpaired) electrons. The minimum Gasteiger partial charge on any atom is -0.508 e. The van der Waals surface area contributed by atoms with Crippen LogP contribution in [0.15, 0.2) is 146 Å². The third kappa shape index (κ3) is 14.0. The van der Waals surface area contributed by atoms with Gasteiger partial charge in [-0.25, -0.2) is 9.59 Å². The molecular weight excluding hydrogens is 1350 g/mol. The zero-order valence-electron chi connectivity index (χ0n) is 51.9. The second kappa shape index (κ2) is 27.5. The number of aliphatic hydroxyl groups is 1. The number of rotatable bonds is 7. The van der Waals surface area contributed by atoms with E-state index in [0.29, 0.717) is 5.56 Å². The summed E-state index contributed by atoms with van der Waals surface area (Å²) < 4.78 is 41.8. The standard InChI is InChI=1S/C70H57Cl2N7O21/c1-94-69(92)59-42-25-38(81)26-48(84)54(42)41-19-32(8-11-46(41)82)55-65(88)78-60(68(91)77-59)61(85)34-10-14-50(44(72)20-34)100-53-23-36-22-52(62(53)96-29-40-28-95-40)99-49-13-7-31(15-43(49)71)16-45-63(86)74-57(66(89)76-58(36)67(90)75-55)35-17-37(80)24-39(18-35)98-51-21-33(9-12-47(51)83)56(64(87)73-45)79-70(93)97-27-30-5-3-2-4-6-30/h2-15,17-26,40,45,55-61,80-85H,16,27-29H2,1H3,(H,73,87)(H,74,86)(H,75,90)(H,76,89)(H,77,91)(H,78,88)(H,79,93)/t40-,45-,55-,56-,57+,58-,59-,60+,61-/m1/s1. The number of aromatic hydroxyl groups is 5. The van der Waals surface area contributed by atoms with Crippen molar-refractivity contribution in [1.29, 1.82) is 0 Å². The number of halogens is 2. The van der Waals surface area contributed by atoms with Gasteiger partial charge in [0.15, 0.2) is 29.0 Å². The number of ether oxygens (including phenoxy) is 7.